The van der Waals surface area contributed by atoms with Gasteiger partial charge in [0.1, 0.15) is 5.69 Å². The molecular formula is C30H32N6O2. The van der Waals surface area contributed by atoms with E-state index in [1.165, 1.54) is 0 Å². The number of carbonyl (C=O) groups excluding carboxylic acids is 2. The molecular weight excluding hydrogens is 476 g/mol. The molecule has 8 nitrogen and oxygen atoms in total. The number of carbonyl (C=O) groups is 2. The Labute approximate surface area is 222 Å². The van der Waals surface area contributed by atoms with Gasteiger partial charge in [-0.2, -0.15) is 0 Å². The number of nitrogens with zero attached hydrogens (tertiary/aromatic N) is 3. The van der Waals surface area contributed by atoms with Gasteiger partial charge in [0.2, 0.25) is 0 Å². The van der Waals surface area contributed by atoms with Crippen molar-refractivity contribution in [1.29, 1.82) is 0 Å². The molecule has 2 amide bonds. The van der Waals surface area contributed by atoms with Crippen LogP contribution in [0.3, 0.4) is 0 Å². The summed E-state index contributed by atoms with van der Waals surface area (Å²) in [4.78, 5) is 29.8. The van der Waals surface area contributed by atoms with Gasteiger partial charge in [-0.1, -0.05) is 0 Å². The molecule has 0 radical (unpaired) electrons. The molecule has 1 fully saturated rings. The number of amides is 2. The van der Waals surface area contributed by atoms with Crippen LogP contribution in [0.25, 0.3) is 0 Å². The van der Waals surface area contributed by atoms with Crippen LogP contribution in [0.1, 0.15) is 20.8 Å². The number of aryl methyl sites for hydroxylation is 1. The van der Waals surface area contributed by atoms with Crippen molar-refractivity contribution >= 4 is 40.3 Å². The Morgan fingerprint density at radius 1 is 0.632 bits per heavy atom. The molecule has 38 heavy (non-hydrogen) atoms. The maximum atomic E-state index is 12.7. The number of aromatic nitrogens is 1. The lowest BCUT2D eigenvalue weighted by molar-refractivity contribution is 0.101. The highest BCUT2D eigenvalue weighted by Gasteiger charge is 2.15. The molecule has 0 saturated carbocycles. The van der Waals surface area contributed by atoms with E-state index in [0.29, 0.717) is 11.3 Å². The van der Waals surface area contributed by atoms with Crippen LogP contribution in [0.2, 0.25) is 0 Å². The Morgan fingerprint density at radius 2 is 1.16 bits per heavy atom. The minimum absolute atomic E-state index is 0.136. The monoisotopic (exact) mass is 508 g/mol. The van der Waals surface area contributed by atoms with Gasteiger partial charge in [-0.25, -0.2) is 0 Å². The highest BCUT2D eigenvalue weighted by Crippen LogP contribution is 2.22. The van der Waals surface area contributed by atoms with Crippen LogP contribution in [0, 0.1) is 0 Å². The van der Waals surface area contributed by atoms with Gasteiger partial charge >= 0.3 is 0 Å². The van der Waals surface area contributed by atoms with E-state index in [2.05, 4.69) is 32.8 Å². The lowest BCUT2D eigenvalue weighted by atomic mass is 10.1. The summed E-state index contributed by atoms with van der Waals surface area (Å²) in [6.45, 7) is 4.09. The molecule has 5 rings (SSSR count). The number of anilines is 5. The summed E-state index contributed by atoms with van der Waals surface area (Å²) in [6, 6.07) is 26.5. The van der Waals surface area contributed by atoms with Gasteiger partial charge in [0.25, 0.3) is 11.8 Å². The number of hydrogen-bond acceptors (Lipinski definition) is 5. The second kappa shape index (κ2) is 11.2. The fourth-order valence-electron chi connectivity index (χ4n) is 4.42. The standard InChI is InChI=1S/C30H32N6O2/c1-34-18-20-36(21-19-34)27-15-5-22(6-16-27)29(37)32-25-11-7-23(8-12-25)31-24-9-13-26(14-10-24)33-30(38)28-4-3-17-35(28)2/h3-17,31H,18-21H2,1-2H3,(H,32,37)(H,33,38). The number of piperazine rings is 1. The molecule has 3 aromatic carbocycles. The van der Waals surface area contributed by atoms with Crippen molar-refractivity contribution in [3.63, 3.8) is 0 Å². The number of benzene rings is 3. The van der Waals surface area contributed by atoms with Crippen LogP contribution < -0.4 is 20.9 Å². The molecule has 194 valence electrons. The molecule has 1 aromatic heterocycles. The van der Waals surface area contributed by atoms with Crippen molar-refractivity contribution in [2.75, 3.05) is 54.1 Å². The molecule has 0 bridgehead atoms. The van der Waals surface area contributed by atoms with E-state index >= 15 is 0 Å². The SMILES string of the molecule is CN1CCN(c2ccc(C(=O)Nc3ccc(Nc4ccc(NC(=O)c5cccn5C)cc4)cc3)cc2)CC1. The van der Waals surface area contributed by atoms with Crippen LogP contribution in [-0.4, -0.2) is 54.5 Å². The van der Waals surface area contributed by atoms with Gasteiger partial charge in [0, 0.05) is 73.4 Å². The van der Waals surface area contributed by atoms with Crippen molar-refractivity contribution in [2.45, 2.75) is 0 Å². The number of rotatable bonds is 7. The van der Waals surface area contributed by atoms with Gasteiger partial charge in [-0.15, -0.1) is 0 Å². The molecule has 8 heteroatoms. The fourth-order valence-corrected chi connectivity index (χ4v) is 4.42. The summed E-state index contributed by atoms with van der Waals surface area (Å²) < 4.78 is 1.78. The first kappa shape index (κ1) is 25.1. The third kappa shape index (κ3) is 6.04. The first-order valence-corrected chi connectivity index (χ1v) is 12.7. The van der Waals surface area contributed by atoms with E-state index < -0.39 is 0 Å². The molecule has 2 heterocycles. The van der Waals surface area contributed by atoms with Crippen LogP contribution in [0.4, 0.5) is 28.4 Å². The quantitative estimate of drug-likeness (QED) is 0.326. The summed E-state index contributed by atoms with van der Waals surface area (Å²) >= 11 is 0. The Morgan fingerprint density at radius 3 is 1.68 bits per heavy atom. The highest BCUT2D eigenvalue weighted by molar-refractivity contribution is 6.04. The smallest absolute Gasteiger partial charge is 0.272 e. The Balaban J connectivity index is 1.13. The molecule has 1 saturated heterocycles. The van der Waals surface area contributed by atoms with E-state index in [9.17, 15) is 9.59 Å². The van der Waals surface area contributed by atoms with Crippen LogP contribution in [-0.2, 0) is 7.05 Å². The predicted octanol–water partition coefficient (Wildman–Crippen LogP) is 5.03. The van der Waals surface area contributed by atoms with Crippen LogP contribution in [0.5, 0.6) is 0 Å². The molecule has 1 aliphatic heterocycles. The lowest BCUT2D eigenvalue weighted by Crippen LogP contribution is -2.44. The largest absolute Gasteiger partial charge is 0.369 e. The third-order valence-electron chi connectivity index (χ3n) is 6.75. The second-order valence-electron chi connectivity index (χ2n) is 9.53. The molecule has 1 aliphatic rings. The Hall–Kier alpha value is -4.56. The van der Waals surface area contributed by atoms with Gasteiger partial charge in [0.15, 0.2) is 0 Å². The van der Waals surface area contributed by atoms with Crippen molar-refractivity contribution < 1.29 is 9.59 Å². The van der Waals surface area contributed by atoms with E-state index in [1.54, 1.807) is 10.6 Å². The van der Waals surface area contributed by atoms with E-state index in [4.69, 9.17) is 0 Å². The molecule has 4 aromatic rings. The molecule has 0 atom stereocenters. The van der Waals surface area contributed by atoms with Gasteiger partial charge in [-0.05, 0) is 92.0 Å². The summed E-state index contributed by atoms with van der Waals surface area (Å²) in [5.74, 6) is -0.287. The van der Waals surface area contributed by atoms with E-state index in [0.717, 1.165) is 54.6 Å². The minimum Gasteiger partial charge on any atom is -0.369 e. The molecule has 0 aliphatic carbocycles. The maximum absolute atomic E-state index is 12.7. The Bertz CT molecular complexity index is 1390. The number of likely N-dealkylation sites (N-methyl/N-ethyl adjacent to an activating group) is 1. The topological polar surface area (TPSA) is 81.6 Å². The number of nitrogens with one attached hydrogen (secondary N) is 3. The van der Waals surface area contributed by atoms with E-state index in [1.807, 2.05) is 92.1 Å². The molecule has 0 unspecified atom stereocenters. The van der Waals surface area contributed by atoms with Gasteiger partial charge in [-0.3, -0.25) is 9.59 Å². The third-order valence-corrected chi connectivity index (χ3v) is 6.75. The summed E-state index contributed by atoms with van der Waals surface area (Å²) in [6.07, 6.45) is 1.84. The number of hydrogen-bond donors (Lipinski definition) is 3. The highest BCUT2D eigenvalue weighted by atomic mass is 16.2. The average Bonchev–Trinajstić information content (AvgIpc) is 3.37. The van der Waals surface area contributed by atoms with Gasteiger partial charge in [0.05, 0.1) is 0 Å². The zero-order chi connectivity index (χ0) is 26.5. The van der Waals surface area contributed by atoms with Crippen LogP contribution >= 0.6 is 0 Å². The summed E-state index contributed by atoms with van der Waals surface area (Å²) in [5.41, 5.74) is 5.60. The summed E-state index contributed by atoms with van der Waals surface area (Å²) in [5, 5.41) is 9.21. The zero-order valence-corrected chi connectivity index (χ0v) is 21.6. The average molecular weight is 509 g/mol. The van der Waals surface area contributed by atoms with Crippen molar-refractivity contribution in [1.82, 2.24) is 9.47 Å². The fraction of sp³-hybridized carbons (Fsp3) is 0.200. The first-order chi connectivity index (χ1) is 18.4. The molecule has 0 spiro atoms. The van der Waals surface area contributed by atoms with Crippen molar-refractivity contribution in [3.05, 3.63) is 102 Å². The Kier molecular flexibility index (Phi) is 7.42. The minimum atomic E-state index is -0.151. The van der Waals surface area contributed by atoms with Gasteiger partial charge < -0.3 is 30.3 Å². The normalized spacial score (nSPS) is 13.7. The predicted molar refractivity (Wildman–Crippen MR) is 154 cm³/mol. The van der Waals surface area contributed by atoms with Crippen LogP contribution in [0.15, 0.2) is 91.1 Å². The lowest BCUT2D eigenvalue weighted by Gasteiger charge is -2.34. The first-order valence-electron chi connectivity index (χ1n) is 12.7. The second-order valence-corrected chi connectivity index (χ2v) is 9.53. The molecule has 3 N–H and O–H groups in total. The maximum Gasteiger partial charge on any atom is 0.272 e. The zero-order valence-electron chi connectivity index (χ0n) is 21.6. The summed E-state index contributed by atoms with van der Waals surface area (Å²) in [7, 11) is 3.98. The van der Waals surface area contributed by atoms with Crippen molar-refractivity contribution in [3.8, 4) is 0 Å². The van der Waals surface area contributed by atoms with Crippen molar-refractivity contribution in [2.24, 2.45) is 7.05 Å². The van der Waals surface area contributed by atoms with E-state index in [-0.39, 0.29) is 11.8 Å².